The van der Waals surface area contributed by atoms with Crippen molar-refractivity contribution in [2.24, 2.45) is 0 Å². The fraction of sp³-hybridized carbons (Fsp3) is 0.667. The van der Waals surface area contributed by atoms with E-state index in [-0.39, 0.29) is 19.4 Å². The lowest BCUT2D eigenvalue weighted by Crippen LogP contribution is -2.46. The summed E-state index contributed by atoms with van der Waals surface area (Å²) in [5.74, 6) is 0.667. The van der Waals surface area contributed by atoms with Gasteiger partial charge in [-0.25, -0.2) is 4.98 Å². The molecule has 1 saturated heterocycles. The van der Waals surface area contributed by atoms with Gasteiger partial charge in [0.05, 0.1) is 25.1 Å². The Balaban J connectivity index is 1.38. The summed E-state index contributed by atoms with van der Waals surface area (Å²) in [6.07, 6.45) is 3.17. The van der Waals surface area contributed by atoms with Crippen LogP contribution in [0.1, 0.15) is 37.4 Å². The van der Waals surface area contributed by atoms with E-state index in [4.69, 9.17) is 10.5 Å². The minimum absolute atomic E-state index is 0.112. The largest absolute Gasteiger partial charge is 0.387 e. The zero-order chi connectivity index (χ0) is 19.9. The maximum absolute atomic E-state index is 12.6. The number of likely N-dealkylation sites (tertiary alicyclic amines) is 1. The SMILES string of the molecule is Nc1nc([C@H]2CCCN2C(=O)[C@H](O)[C@@H](O)COCNCCC2=CCCS2)cs1. The minimum atomic E-state index is -1.52. The molecule has 0 bridgehead atoms. The average molecular weight is 429 g/mol. The molecule has 1 amide bonds. The van der Waals surface area contributed by atoms with Gasteiger partial charge in [-0.2, -0.15) is 0 Å². The van der Waals surface area contributed by atoms with E-state index in [2.05, 4.69) is 16.4 Å². The number of amides is 1. The number of nitrogens with two attached hydrogens (primary N) is 1. The monoisotopic (exact) mass is 428 g/mol. The van der Waals surface area contributed by atoms with Gasteiger partial charge in [0.2, 0.25) is 0 Å². The van der Waals surface area contributed by atoms with E-state index in [1.54, 1.807) is 4.90 Å². The first-order valence-electron chi connectivity index (χ1n) is 9.54. The number of nitrogen functional groups attached to an aromatic ring is 1. The molecule has 156 valence electrons. The molecular formula is C18H28N4O4S2. The number of thiazole rings is 1. The van der Waals surface area contributed by atoms with Crippen molar-refractivity contribution in [3.63, 3.8) is 0 Å². The van der Waals surface area contributed by atoms with Gasteiger partial charge in [0.25, 0.3) is 5.91 Å². The molecule has 0 saturated carbocycles. The Bertz CT molecular complexity index is 684. The van der Waals surface area contributed by atoms with Crippen LogP contribution in [0.25, 0.3) is 0 Å². The van der Waals surface area contributed by atoms with Gasteiger partial charge >= 0.3 is 0 Å². The third kappa shape index (κ3) is 5.68. The molecule has 1 aromatic heterocycles. The summed E-state index contributed by atoms with van der Waals surface area (Å²) >= 11 is 3.21. The number of nitrogens with zero attached hydrogens (tertiary/aromatic N) is 2. The molecule has 1 aromatic rings. The van der Waals surface area contributed by atoms with Crippen LogP contribution < -0.4 is 11.1 Å². The maximum Gasteiger partial charge on any atom is 0.254 e. The number of thioether (sulfide) groups is 1. The number of hydrogen-bond acceptors (Lipinski definition) is 9. The van der Waals surface area contributed by atoms with E-state index in [0.717, 1.165) is 43.7 Å². The van der Waals surface area contributed by atoms with Gasteiger partial charge in [-0.15, -0.1) is 23.1 Å². The van der Waals surface area contributed by atoms with Crippen LogP contribution in [-0.2, 0) is 9.53 Å². The van der Waals surface area contributed by atoms with Gasteiger partial charge in [0.15, 0.2) is 11.2 Å². The Hall–Kier alpha value is -1.17. The van der Waals surface area contributed by atoms with Crippen molar-refractivity contribution in [2.45, 2.75) is 43.9 Å². The summed E-state index contributed by atoms with van der Waals surface area (Å²) in [7, 11) is 0. The first kappa shape index (κ1) is 21.5. The van der Waals surface area contributed by atoms with Crippen molar-refractivity contribution < 1.29 is 19.7 Å². The number of ether oxygens (including phenoxy) is 1. The molecule has 2 aliphatic rings. The quantitative estimate of drug-likeness (QED) is 0.323. The highest BCUT2D eigenvalue weighted by Gasteiger charge is 2.37. The number of hydrogen-bond donors (Lipinski definition) is 4. The number of carbonyl (C=O) groups excluding carboxylic acids is 1. The standard InChI is InChI=1S/C18H28N4O4S2/c19-18-21-13(10-28-18)14-4-1-7-22(14)17(25)16(24)15(23)9-26-11-20-6-5-12-3-2-8-27-12/h3,10,14-16,20,23-24H,1-2,4-9,11H2,(H2,19,21)/t14-,15+,16-/m1/s1. The lowest BCUT2D eigenvalue weighted by atomic mass is 10.1. The molecule has 8 nitrogen and oxygen atoms in total. The summed E-state index contributed by atoms with van der Waals surface area (Å²) in [5.41, 5.74) is 6.43. The third-order valence-electron chi connectivity index (χ3n) is 4.85. The lowest BCUT2D eigenvalue weighted by molar-refractivity contribution is -0.150. The topological polar surface area (TPSA) is 121 Å². The second kappa shape index (κ2) is 10.6. The molecule has 28 heavy (non-hydrogen) atoms. The number of aliphatic hydroxyl groups excluding tert-OH is 2. The van der Waals surface area contributed by atoms with Crippen LogP contribution in [0.4, 0.5) is 5.13 Å². The summed E-state index contributed by atoms with van der Waals surface area (Å²) in [6, 6.07) is -0.201. The number of nitrogens with one attached hydrogen (secondary N) is 1. The fourth-order valence-electron chi connectivity index (χ4n) is 3.40. The zero-order valence-corrected chi connectivity index (χ0v) is 17.4. The molecule has 0 unspecified atom stereocenters. The van der Waals surface area contributed by atoms with Gasteiger partial charge in [-0.3, -0.25) is 10.1 Å². The number of aromatic nitrogens is 1. The highest BCUT2D eigenvalue weighted by atomic mass is 32.2. The minimum Gasteiger partial charge on any atom is -0.387 e. The third-order valence-corrected chi connectivity index (χ3v) is 6.73. The summed E-state index contributed by atoms with van der Waals surface area (Å²) in [6.45, 7) is 1.48. The number of aliphatic hydroxyl groups is 2. The highest BCUT2D eigenvalue weighted by molar-refractivity contribution is 8.03. The molecule has 0 aromatic carbocycles. The molecule has 10 heteroatoms. The highest BCUT2D eigenvalue weighted by Crippen LogP contribution is 2.33. The smallest absolute Gasteiger partial charge is 0.254 e. The van der Waals surface area contributed by atoms with Crippen LogP contribution in [-0.4, -0.2) is 70.4 Å². The van der Waals surface area contributed by atoms with Gasteiger partial charge in [0, 0.05) is 24.2 Å². The molecular weight excluding hydrogens is 400 g/mol. The van der Waals surface area contributed by atoms with Crippen LogP contribution in [0, 0.1) is 0 Å². The predicted molar refractivity (Wildman–Crippen MR) is 111 cm³/mol. The number of carbonyl (C=O) groups is 1. The van der Waals surface area contributed by atoms with Gasteiger partial charge in [0.1, 0.15) is 6.10 Å². The summed E-state index contributed by atoms with van der Waals surface area (Å²) < 4.78 is 5.36. The van der Waals surface area contributed by atoms with Crippen molar-refractivity contribution in [3.05, 3.63) is 22.1 Å². The first-order valence-corrected chi connectivity index (χ1v) is 11.4. The molecule has 2 aliphatic heterocycles. The van der Waals surface area contributed by atoms with Crippen molar-refractivity contribution in [2.75, 3.05) is 37.9 Å². The zero-order valence-electron chi connectivity index (χ0n) is 15.7. The normalized spacial score (nSPS) is 21.7. The molecule has 3 heterocycles. The van der Waals surface area contributed by atoms with Crippen LogP contribution in [0.2, 0.25) is 0 Å². The van der Waals surface area contributed by atoms with Gasteiger partial charge < -0.3 is 25.6 Å². The van der Waals surface area contributed by atoms with Crippen LogP contribution in [0.3, 0.4) is 0 Å². The molecule has 0 radical (unpaired) electrons. The molecule has 0 spiro atoms. The summed E-state index contributed by atoms with van der Waals surface area (Å²) in [4.78, 5) is 19.9. The van der Waals surface area contributed by atoms with E-state index in [1.165, 1.54) is 16.2 Å². The fourth-order valence-corrected chi connectivity index (χ4v) is 4.99. The van der Waals surface area contributed by atoms with Crippen LogP contribution >= 0.6 is 23.1 Å². The summed E-state index contributed by atoms with van der Waals surface area (Å²) in [5, 5.41) is 25.8. The van der Waals surface area contributed by atoms with E-state index in [9.17, 15) is 15.0 Å². The molecule has 1 fully saturated rings. The Morgan fingerprint density at radius 1 is 1.50 bits per heavy atom. The Morgan fingerprint density at radius 2 is 2.36 bits per heavy atom. The molecule has 0 aliphatic carbocycles. The number of rotatable bonds is 10. The van der Waals surface area contributed by atoms with Crippen molar-refractivity contribution >= 4 is 34.1 Å². The van der Waals surface area contributed by atoms with E-state index in [0.29, 0.717) is 11.7 Å². The first-order chi connectivity index (χ1) is 13.6. The van der Waals surface area contributed by atoms with Crippen LogP contribution in [0.15, 0.2) is 16.4 Å². The Labute approximate surface area is 173 Å². The second-order valence-electron chi connectivity index (χ2n) is 6.89. The van der Waals surface area contributed by atoms with Gasteiger partial charge in [-0.05, 0) is 30.6 Å². The second-order valence-corrected chi connectivity index (χ2v) is 9.00. The van der Waals surface area contributed by atoms with E-state index < -0.39 is 18.1 Å². The Kier molecular flexibility index (Phi) is 8.12. The molecule has 5 N–H and O–H groups in total. The van der Waals surface area contributed by atoms with Crippen molar-refractivity contribution in [1.29, 1.82) is 0 Å². The van der Waals surface area contributed by atoms with Gasteiger partial charge in [-0.1, -0.05) is 6.08 Å². The van der Waals surface area contributed by atoms with Crippen molar-refractivity contribution in [1.82, 2.24) is 15.2 Å². The average Bonchev–Trinajstić information content (AvgIpc) is 3.44. The van der Waals surface area contributed by atoms with Crippen molar-refractivity contribution in [3.8, 4) is 0 Å². The lowest BCUT2D eigenvalue weighted by Gasteiger charge is -2.27. The number of anilines is 1. The van der Waals surface area contributed by atoms with E-state index >= 15 is 0 Å². The number of allylic oxidation sites excluding steroid dienone is 1. The Morgan fingerprint density at radius 3 is 3.07 bits per heavy atom. The molecule has 3 atom stereocenters. The molecule has 3 rings (SSSR count). The van der Waals surface area contributed by atoms with E-state index in [1.807, 2.05) is 17.1 Å². The maximum atomic E-state index is 12.6. The van der Waals surface area contributed by atoms with Crippen LogP contribution in [0.5, 0.6) is 0 Å². The predicted octanol–water partition coefficient (Wildman–Crippen LogP) is 1.09.